The van der Waals surface area contributed by atoms with Gasteiger partial charge in [-0.05, 0) is 55.3 Å². The number of methoxy groups -OCH3 is 3. The van der Waals surface area contributed by atoms with Crippen LogP contribution in [0.4, 0.5) is 0 Å². The van der Waals surface area contributed by atoms with E-state index in [-0.39, 0.29) is 17.7 Å². The Bertz CT molecular complexity index is 1070. The van der Waals surface area contributed by atoms with Gasteiger partial charge in [0.1, 0.15) is 17.2 Å². The van der Waals surface area contributed by atoms with Crippen LogP contribution in [0, 0.1) is 0 Å². The zero-order valence-corrected chi connectivity index (χ0v) is 19.1. The van der Waals surface area contributed by atoms with Crippen LogP contribution >= 0.6 is 11.8 Å². The largest absolute Gasteiger partial charge is 0.497 e. The van der Waals surface area contributed by atoms with Gasteiger partial charge in [0.15, 0.2) is 0 Å². The Morgan fingerprint density at radius 2 is 1.81 bits per heavy atom. The van der Waals surface area contributed by atoms with Crippen LogP contribution < -0.4 is 14.2 Å². The number of likely N-dealkylation sites (tertiary alicyclic amines) is 1. The number of ether oxygens (including phenoxy) is 3. The smallest absolute Gasteiger partial charge is 0.277 e. The van der Waals surface area contributed by atoms with Crippen LogP contribution in [0.1, 0.15) is 24.4 Å². The molecular weight excluding hydrogens is 430 g/mol. The van der Waals surface area contributed by atoms with Gasteiger partial charge in [0.25, 0.3) is 5.22 Å². The highest BCUT2D eigenvalue weighted by Crippen LogP contribution is 2.39. The summed E-state index contributed by atoms with van der Waals surface area (Å²) in [5.74, 6) is 2.89. The molecule has 168 valence electrons. The highest BCUT2D eigenvalue weighted by molar-refractivity contribution is 7.99. The number of aromatic nitrogens is 2. The van der Waals surface area contributed by atoms with E-state index in [1.807, 2.05) is 47.4 Å². The van der Waals surface area contributed by atoms with Crippen molar-refractivity contribution in [3.63, 3.8) is 0 Å². The van der Waals surface area contributed by atoms with Crippen LogP contribution in [0.2, 0.25) is 0 Å². The quantitative estimate of drug-likeness (QED) is 0.467. The Balaban J connectivity index is 1.42. The van der Waals surface area contributed by atoms with E-state index in [4.69, 9.17) is 18.6 Å². The number of carbonyl (C=O) groups excluding carboxylic acids is 1. The number of rotatable bonds is 8. The molecule has 0 radical (unpaired) electrons. The van der Waals surface area contributed by atoms with Crippen molar-refractivity contribution in [3.05, 3.63) is 48.0 Å². The van der Waals surface area contributed by atoms with Crippen LogP contribution in [0.25, 0.3) is 11.5 Å². The van der Waals surface area contributed by atoms with Crippen molar-refractivity contribution in [2.24, 2.45) is 0 Å². The number of hydrogen-bond donors (Lipinski definition) is 0. The highest BCUT2D eigenvalue weighted by Gasteiger charge is 2.32. The van der Waals surface area contributed by atoms with Crippen molar-refractivity contribution in [2.45, 2.75) is 24.1 Å². The third kappa shape index (κ3) is 4.67. The number of amides is 1. The van der Waals surface area contributed by atoms with Crippen molar-refractivity contribution in [1.82, 2.24) is 15.1 Å². The lowest BCUT2D eigenvalue weighted by molar-refractivity contribution is -0.129. The molecule has 1 unspecified atom stereocenters. The number of carbonyl (C=O) groups is 1. The Labute approximate surface area is 190 Å². The molecule has 9 heteroatoms. The summed E-state index contributed by atoms with van der Waals surface area (Å²) in [5.41, 5.74) is 1.75. The van der Waals surface area contributed by atoms with Crippen LogP contribution in [-0.2, 0) is 4.79 Å². The first-order valence-corrected chi connectivity index (χ1v) is 11.2. The SMILES string of the molecule is COc1ccc(-c2nnc(SCC(=O)N3CCCC3c3cc(OC)ccc3OC)o2)cc1. The van der Waals surface area contributed by atoms with Crippen LogP contribution in [0.5, 0.6) is 17.2 Å². The molecule has 0 N–H and O–H groups in total. The zero-order chi connectivity index (χ0) is 22.5. The predicted octanol–water partition coefficient (Wildman–Crippen LogP) is 4.22. The molecule has 32 heavy (non-hydrogen) atoms. The first-order valence-electron chi connectivity index (χ1n) is 10.2. The van der Waals surface area contributed by atoms with Crippen molar-refractivity contribution in [2.75, 3.05) is 33.6 Å². The van der Waals surface area contributed by atoms with Crippen LogP contribution in [0.3, 0.4) is 0 Å². The van der Waals surface area contributed by atoms with Gasteiger partial charge in [-0.3, -0.25) is 4.79 Å². The molecule has 0 saturated carbocycles. The first kappa shape index (κ1) is 22.0. The Hall–Kier alpha value is -3.20. The fraction of sp³-hybridized carbons (Fsp3) is 0.348. The average molecular weight is 456 g/mol. The normalized spacial score (nSPS) is 15.6. The molecule has 1 amide bonds. The first-order chi connectivity index (χ1) is 15.6. The summed E-state index contributed by atoms with van der Waals surface area (Å²) < 4.78 is 21.8. The summed E-state index contributed by atoms with van der Waals surface area (Å²) in [6.07, 6.45) is 1.81. The van der Waals surface area contributed by atoms with E-state index >= 15 is 0 Å². The molecule has 3 aromatic rings. The minimum Gasteiger partial charge on any atom is -0.497 e. The van der Waals surface area contributed by atoms with E-state index < -0.39 is 0 Å². The van der Waals surface area contributed by atoms with Gasteiger partial charge >= 0.3 is 0 Å². The molecule has 1 atom stereocenters. The highest BCUT2D eigenvalue weighted by atomic mass is 32.2. The minimum atomic E-state index is -0.0503. The fourth-order valence-corrected chi connectivity index (χ4v) is 4.46. The molecule has 1 aliphatic rings. The summed E-state index contributed by atoms with van der Waals surface area (Å²) in [7, 11) is 4.88. The third-order valence-electron chi connectivity index (χ3n) is 5.43. The Morgan fingerprint density at radius 1 is 1.06 bits per heavy atom. The monoisotopic (exact) mass is 455 g/mol. The van der Waals surface area contributed by atoms with Crippen molar-refractivity contribution in [3.8, 4) is 28.7 Å². The van der Waals surface area contributed by atoms with Gasteiger partial charge in [0.2, 0.25) is 11.8 Å². The third-order valence-corrected chi connectivity index (χ3v) is 6.23. The lowest BCUT2D eigenvalue weighted by Gasteiger charge is -2.26. The maximum atomic E-state index is 13.0. The van der Waals surface area contributed by atoms with E-state index in [9.17, 15) is 4.79 Å². The summed E-state index contributed by atoms with van der Waals surface area (Å²) in [6.45, 7) is 0.700. The number of thioether (sulfide) groups is 1. The summed E-state index contributed by atoms with van der Waals surface area (Å²) in [4.78, 5) is 14.9. The molecule has 2 aromatic carbocycles. The molecule has 1 aliphatic heterocycles. The lowest BCUT2D eigenvalue weighted by atomic mass is 10.0. The molecule has 1 saturated heterocycles. The maximum absolute atomic E-state index is 13.0. The van der Waals surface area contributed by atoms with Gasteiger partial charge in [-0.1, -0.05) is 11.8 Å². The second kappa shape index (κ2) is 9.95. The lowest BCUT2D eigenvalue weighted by Crippen LogP contribution is -2.32. The average Bonchev–Trinajstić information content (AvgIpc) is 3.52. The fourth-order valence-electron chi connectivity index (χ4n) is 3.81. The second-order valence-electron chi connectivity index (χ2n) is 7.24. The summed E-state index contributed by atoms with van der Waals surface area (Å²) in [6, 6.07) is 13.0. The molecule has 0 spiro atoms. The van der Waals surface area contributed by atoms with Gasteiger partial charge in [-0.15, -0.1) is 10.2 Å². The molecule has 4 rings (SSSR count). The molecule has 8 nitrogen and oxygen atoms in total. The van der Waals surface area contributed by atoms with Gasteiger partial charge in [-0.2, -0.15) is 0 Å². The van der Waals surface area contributed by atoms with Gasteiger partial charge in [0.05, 0.1) is 33.1 Å². The van der Waals surface area contributed by atoms with E-state index in [1.54, 1.807) is 21.3 Å². The Kier molecular flexibility index (Phi) is 6.84. The number of hydrogen-bond acceptors (Lipinski definition) is 8. The number of benzene rings is 2. The van der Waals surface area contributed by atoms with Crippen LogP contribution in [-0.4, -0.2) is 54.6 Å². The summed E-state index contributed by atoms with van der Waals surface area (Å²) in [5, 5.41) is 8.52. The Morgan fingerprint density at radius 3 is 2.53 bits per heavy atom. The van der Waals surface area contributed by atoms with E-state index in [1.165, 1.54) is 11.8 Å². The molecule has 0 aliphatic carbocycles. The van der Waals surface area contributed by atoms with E-state index in [2.05, 4.69) is 10.2 Å². The van der Waals surface area contributed by atoms with Crippen molar-refractivity contribution < 1.29 is 23.4 Å². The van der Waals surface area contributed by atoms with Gasteiger partial charge < -0.3 is 23.5 Å². The van der Waals surface area contributed by atoms with Crippen molar-refractivity contribution in [1.29, 1.82) is 0 Å². The maximum Gasteiger partial charge on any atom is 0.277 e. The molecule has 1 aromatic heterocycles. The van der Waals surface area contributed by atoms with Crippen molar-refractivity contribution >= 4 is 17.7 Å². The zero-order valence-electron chi connectivity index (χ0n) is 18.2. The number of nitrogens with zero attached hydrogens (tertiary/aromatic N) is 3. The molecular formula is C23H25N3O5S. The van der Waals surface area contributed by atoms with Gasteiger partial charge in [-0.25, -0.2) is 0 Å². The summed E-state index contributed by atoms with van der Waals surface area (Å²) >= 11 is 1.24. The van der Waals surface area contributed by atoms with Gasteiger partial charge in [0, 0.05) is 17.7 Å². The van der Waals surface area contributed by atoms with E-state index in [0.717, 1.165) is 41.2 Å². The second-order valence-corrected chi connectivity index (χ2v) is 8.17. The topological polar surface area (TPSA) is 86.9 Å². The minimum absolute atomic E-state index is 0.0200. The molecule has 0 bridgehead atoms. The van der Waals surface area contributed by atoms with E-state index in [0.29, 0.717) is 17.7 Å². The van der Waals surface area contributed by atoms with Crippen LogP contribution in [0.15, 0.2) is 52.1 Å². The predicted molar refractivity (Wildman–Crippen MR) is 120 cm³/mol. The molecule has 1 fully saturated rings. The molecule has 2 heterocycles. The standard InChI is InChI=1S/C23H25N3O5S/c1-28-16-8-6-15(7-9-16)22-24-25-23(31-22)32-14-21(27)26-12-4-5-19(26)18-13-17(29-2)10-11-20(18)30-3/h6-11,13,19H,4-5,12,14H2,1-3H3.